The summed E-state index contributed by atoms with van der Waals surface area (Å²) < 4.78 is 31.8. The van der Waals surface area contributed by atoms with Gasteiger partial charge in [-0.05, 0) is 13.0 Å². The molecule has 0 saturated carbocycles. The Kier molecular flexibility index (Phi) is 4.63. The number of hydrogen-bond acceptors (Lipinski definition) is 6. The third-order valence-electron chi connectivity index (χ3n) is 1.80. The van der Waals surface area contributed by atoms with Gasteiger partial charge in [-0.25, -0.2) is 18.4 Å². The summed E-state index contributed by atoms with van der Waals surface area (Å²) in [6.07, 6.45) is -0.398. The van der Waals surface area contributed by atoms with Gasteiger partial charge in [0.2, 0.25) is 10.0 Å². The summed E-state index contributed by atoms with van der Waals surface area (Å²) in [5.74, 6) is -0.597. The van der Waals surface area contributed by atoms with Crippen molar-refractivity contribution >= 4 is 27.3 Å². The predicted octanol–water partition coefficient (Wildman–Crippen LogP) is 0.587. The number of esters is 1. The Balaban J connectivity index is 2.74. The quantitative estimate of drug-likeness (QED) is 0.796. The third-order valence-corrected chi connectivity index (χ3v) is 4.19. The van der Waals surface area contributed by atoms with Crippen molar-refractivity contribution in [3.63, 3.8) is 0 Å². The summed E-state index contributed by atoms with van der Waals surface area (Å²) in [7, 11) is -2.27. The number of carbonyl (C=O) groups is 1. The van der Waals surface area contributed by atoms with E-state index in [1.165, 1.54) is 18.6 Å². The van der Waals surface area contributed by atoms with Crippen LogP contribution in [0, 0.1) is 0 Å². The van der Waals surface area contributed by atoms with Crippen LogP contribution in [0.3, 0.4) is 0 Å². The van der Waals surface area contributed by atoms with Crippen LogP contribution in [0.1, 0.15) is 17.3 Å². The van der Waals surface area contributed by atoms with E-state index in [0.717, 1.165) is 11.3 Å². The number of hydrogen-bond donors (Lipinski definition) is 1. The molecule has 0 aliphatic heterocycles. The zero-order chi connectivity index (χ0) is 13.1. The zero-order valence-electron chi connectivity index (χ0n) is 9.37. The van der Waals surface area contributed by atoms with E-state index in [-0.39, 0.29) is 16.4 Å². The van der Waals surface area contributed by atoms with E-state index in [1.807, 2.05) is 0 Å². The minimum atomic E-state index is -3.77. The van der Waals surface area contributed by atoms with Gasteiger partial charge in [-0.2, -0.15) is 0 Å². The van der Waals surface area contributed by atoms with E-state index in [2.05, 4.69) is 0 Å². The van der Waals surface area contributed by atoms with Gasteiger partial charge >= 0.3 is 5.97 Å². The molecule has 1 aromatic heterocycles. The lowest BCUT2D eigenvalue weighted by molar-refractivity contribution is 0.0120. The molecule has 1 aromatic rings. The second kappa shape index (κ2) is 5.58. The number of rotatable bonds is 5. The minimum Gasteiger partial charge on any atom is -0.457 e. The van der Waals surface area contributed by atoms with E-state index in [1.54, 1.807) is 6.92 Å². The summed E-state index contributed by atoms with van der Waals surface area (Å²) in [5, 5.41) is 6.32. The first-order valence-corrected chi connectivity index (χ1v) is 7.08. The molecule has 8 heteroatoms. The second-order valence-corrected chi connectivity index (χ2v) is 6.07. The predicted molar refractivity (Wildman–Crippen MR) is 62.4 cm³/mol. The maximum atomic E-state index is 11.6. The van der Waals surface area contributed by atoms with Crippen molar-refractivity contribution in [2.45, 2.75) is 17.2 Å². The molecule has 0 bridgehead atoms. The van der Waals surface area contributed by atoms with E-state index < -0.39 is 22.1 Å². The lowest BCUT2D eigenvalue weighted by Gasteiger charge is -2.10. The molecule has 2 N–H and O–H groups in total. The molecule has 0 fully saturated rings. The number of carbonyl (C=O) groups excluding carboxylic acids is 1. The highest BCUT2D eigenvalue weighted by atomic mass is 32.2. The molecule has 1 atom stereocenters. The minimum absolute atomic E-state index is 0.0659. The Morgan fingerprint density at radius 3 is 2.71 bits per heavy atom. The van der Waals surface area contributed by atoms with Crippen LogP contribution in [0.5, 0.6) is 0 Å². The van der Waals surface area contributed by atoms with E-state index >= 15 is 0 Å². The van der Waals surface area contributed by atoms with Crippen molar-refractivity contribution in [3.8, 4) is 0 Å². The fourth-order valence-electron chi connectivity index (χ4n) is 1.09. The van der Waals surface area contributed by atoms with Crippen LogP contribution in [0.4, 0.5) is 0 Å². The van der Waals surface area contributed by atoms with Gasteiger partial charge in [0.15, 0.2) is 0 Å². The van der Waals surface area contributed by atoms with Gasteiger partial charge < -0.3 is 9.47 Å². The van der Waals surface area contributed by atoms with E-state index in [4.69, 9.17) is 14.6 Å². The maximum absolute atomic E-state index is 11.6. The highest BCUT2D eigenvalue weighted by molar-refractivity contribution is 7.91. The highest BCUT2D eigenvalue weighted by Gasteiger charge is 2.17. The average molecular weight is 279 g/mol. The number of primary sulfonamides is 1. The van der Waals surface area contributed by atoms with E-state index in [0.29, 0.717) is 0 Å². The van der Waals surface area contributed by atoms with Crippen LogP contribution >= 0.6 is 11.3 Å². The van der Waals surface area contributed by atoms with Crippen molar-refractivity contribution in [2.24, 2.45) is 5.14 Å². The molecule has 0 radical (unpaired) electrons. The lowest BCUT2D eigenvalue weighted by Crippen LogP contribution is -2.19. The van der Waals surface area contributed by atoms with Gasteiger partial charge in [0.1, 0.15) is 10.3 Å². The first-order chi connectivity index (χ1) is 7.84. The first kappa shape index (κ1) is 14.1. The second-order valence-electron chi connectivity index (χ2n) is 3.37. The average Bonchev–Trinajstić information content (AvgIpc) is 2.65. The normalized spacial score (nSPS) is 13.4. The molecule has 1 unspecified atom stereocenters. The Morgan fingerprint density at radius 1 is 1.59 bits per heavy atom. The maximum Gasteiger partial charge on any atom is 0.339 e. The number of thiophene rings is 1. The zero-order valence-corrected chi connectivity index (χ0v) is 11.0. The van der Waals surface area contributed by atoms with Crippen molar-refractivity contribution < 1.29 is 22.7 Å². The van der Waals surface area contributed by atoms with Gasteiger partial charge in [0.25, 0.3) is 0 Å². The van der Waals surface area contributed by atoms with Crippen molar-refractivity contribution in [2.75, 3.05) is 13.7 Å². The van der Waals surface area contributed by atoms with Crippen molar-refractivity contribution in [1.82, 2.24) is 0 Å². The monoisotopic (exact) mass is 279 g/mol. The van der Waals surface area contributed by atoms with Crippen LogP contribution in [0.25, 0.3) is 0 Å². The molecule has 0 spiro atoms. The van der Waals surface area contributed by atoms with Crippen LogP contribution in [-0.4, -0.2) is 34.2 Å². The molecule has 1 rings (SSSR count). The SMILES string of the molecule is COCC(C)OC(=O)c1csc(S(N)(=O)=O)c1. The summed E-state index contributed by atoms with van der Waals surface area (Å²) in [6, 6.07) is 1.20. The largest absolute Gasteiger partial charge is 0.457 e. The van der Waals surface area contributed by atoms with Crippen molar-refractivity contribution in [1.29, 1.82) is 0 Å². The molecule has 96 valence electrons. The molecule has 6 nitrogen and oxygen atoms in total. The molecule has 0 aromatic carbocycles. The topological polar surface area (TPSA) is 95.7 Å². The standard InChI is InChI=1S/C9H13NO5S2/c1-6(4-14-2)15-9(11)7-3-8(16-5-7)17(10,12)13/h3,5-6H,4H2,1-2H3,(H2,10,12,13). The van der Waals surface area contributed by atoms with Crippen molar-refractivity contribution in [3.05, 3.63) is 17.0 Å². The summed E-state index contributed by atoms with van der Waals surface area (Å²) in [6.45, 7) is 1.95. The Labute approximate surface area is 103 Å². The molecule has 1 heterocycles. The van der Waals surface area contributed by atoms with Crippen LogP contribution < -0.4 is 5.14 Å². The Bertz CT molecular complexity index is 493. The van der Waals surface area contributed by atoms with Gasteiger partial charge in [-0.3, -0.25) is 0 Å². The van der Waals surface area contributed by atoms with Crippen LogP contribution in [-0.2, 0) is 19.5 Å². The van der Waals surface area contributed by atoms with Gasteiger partial charge in [-0.15, -0.1) is 11.3 Å². The smallest absolute Gasteiger partial charge is 0.339 e. The first-order valence-electron chi connectivity index (χ1n) is 4.66. The Morgan fingerprint density at radius 2 is 2.24 bits per heavy atom. The molecular formula is C9H13NO5S2. The van der Waals surface area contributed by atoms with Crippen LogP contribution in [0.15, 0.2) is 15.7 Å². The summed E-state index contributed by atoms with van der Waals surface area (Å²) in [5.41, 5.74) is 0.168. The highest BCUT2D eigenvalue weighted by Crippen LogP contribution is 2.19. The molecular weight excluding hydrogens is 266 g/mol. The molecule has 17 heavy (non-hydrogen) atoms. The van der Waals surface area contributed by atoms with Crippen LogP contribution in [0.2, 0.25) is 0 Å². The number of methoxy groups -OCH3 is 1. The molecule has 0 saturated heterocycles. The summed E-state index contributed by atoms with van der Waals surface area (Å²) >= 11 is 0.880. The number of nitrogens with two attached hydrogens (primary N) is 1. The molecule has 0 aliphatic rings. The number of ether oxygens (including phenoxy) is 2. The molecule has 0 aliphatic carbocycles. The van der Waals surface area contributed by atoms with Gasteiger partial charge in [-0.1, -0.05) is 0 Å². The fraction of sp³-hybridized carbons (Fsp3) is 0.444. The van der Waals surface area contributed by atoms with Gasteiger partial charge in [0, 0.05) is 12.5 Å². The third kappa shape index (κ3) is 4.08. The summed E-state index contributed by atoms with van der Waals surface area (Å²) in [4.78, 5) is 11.6. The van der Waals surface area contributed by atoms with E-state index in [9.17, 15) is 13.2 Å². The number of sulfonamides is 1. The fourth-order valence-corrected chi connectivity index (χ4v) is 2.67. The molecule has 0 amide bonds. The lowest BCUT2D eigenvalue weighted by atomic mass is 10.3. The van der Waals surface area contributed by atoms with Gasteiger partial charge in [0.05, 0.1) is 12.2 Å². The Hall–Kier alpha value is -0.960.